The van der Waals surface area contributed by atoms with E-state index < -0.39 is 0 Å². The van der Waals surface area contributed by atoms with E-state index in [1.54, 1.807) is 48.5 Å². The number of rotatable bonds is 5. The number of benzene rings is 3. The van der Waals surface area contributed by atoms with Crippen LogP contribution in [0.5, 0.6) is 11.5 Å². The van der Waals surface area contributed by atoms with Gasteiger partial charge in [0.25, 0.3) is 12.4 Å². The molecule has 160 valence electrons. The van der Waals surface area contributed by atoms with Gasteiger partial charge in [-0.05, 0) is 60.7 Å². The molecule has 1 heterocycles. The van der Waals surface area contributed by atoms with Crippen LogP contribution in [0.25, 0.3) is 0 Å². The molecule has 1 aliphatic heterocycles. The van der Waals surface area contributed by atoms with E-state index in [2.05, 4.69) is 20.3 Å². The van der Waals surface area contributed by atoms with Crippen molar-refractivity contribution in [3.63, 3.8) is 0 Å². The van der Waals surface area contributed by atoms with Crippen molar-refractivity contribution in [1.82, 2.24) is 5.32 Å². The number of carbonyl (C=O) groups excluding carboxylic acids is 2. The summed E-state index contributed by atoms with van der Waals surface area (Å²) in [5, 5.41) is 15.4. The second-order valence-electron chi connectivity index (χ2n) is 6.81. The van der Waals surface area contributed by atoms with Gasteiger partial charge in [-0.2, -0.15) is 0 Å². The number of nitrogens with one attached hydrogen (secondary N) is 2. The molecule has 7 nitrogen and oxygen atoms in total. The minimum Gasteiger partial charge on any atom is -0.508 e. The van der Waals surface area contributed by atoms with E-state index in [0.29, 0.717) is 23.5 Å². The minimum absolute atomic E-state index is 0.155. The van der Waals surface area contributed by atoms with Crippen LogP contribution >= 0.6 is 0 Å². The van der Waals surface area contributed by atoms with Crippen molar-refractivity contribution in [1.29, 1.82) is 0 Å². The summed E-state index contributed by atoms with van der Waals surface area (Å²) in [7, 11) is 0. The van der Waals surface area contributed by atoms with Gasteiger partial charge in [-0.1, -0.05) is 18.2 Å². The molecule has 31 heavy (non-hydrogen) atoms. The third-order valence-corrected chi connectivity index (χ3v) is 4.66. The predicted octanol–water partition coefficient (Wildman–Crippen LogP) is 3.28. The van der Waals surface area contributed by atoms with Gasteiger partial charge < -0.3 is 25.4 Å². The number of piperazine rings is 1. The van der Waals surface area contributed by atoms with Crippen LogP contribution in [0.2, 0.25) is 0 Å². The predicted molar refractivity (Wildman–Crippen MR) is 121 cm³/mol. The topological polar surface area (TPSA) is 90.9 Å². The van der Waals surface area contributed by atoms with Crippen molar-refractivity contribution in [2.75, 3.05) is 36.4 Å². The lowest BCUT2D eigenvalue weighted by Crippen LogP contribution is -2.43. The molecule has 1 saturated heterocycles. The molecule has 0 spiro atoms. The molecule has 0 aromatic heterocycles. The first-order chi connectivity index (χ1) is 15.2. The largest absolute Gasteiger partial charge is 0.508 e. The summed E-state index contributed by atoms with van der Waals surface area (Å²) < 4.78 is 4.53. The fraction of sp³-hybridized carbons (Fsp3) is 0.167. The molecule has 1 amide bonds. The number of aromatic hydroxyl groups is 1. The van der Waals surface area contributed by atoms with E-state index in [9.17, 15) is 14.7 Å². The maximum Gasteiger partial charge on any atom is 0.298 e. The van der Waals surface area contributed by atoms with E-state index >= 15 is 0 Å². The molecule has 7 heteroatoms. The van der Waals surface area contributed by atoms with Crippen LogP contribution in [-0.2, 0) is 4.79 Å². The first-order valence-electron chi connectivity index (χ1n) is 9.97. The Morgan fingerprint density at radius 2 is 1.58 bits per heavy atom. The highest BCUT2D eigenvalue weighted by molar-refractivity contribution is 6.04. The summed E-state index contributed by atoms with van der Waals surface area (Å²) in [6, 6.07) is 23.0. The van der Waals surface area contributed by atoms with Crippen molar-refractivity contribution in [2.24, 2.45) is 0 Å². The van der Waals surface area contributed by atoms with Crippen LogP contribution in [0.15, 0.2) is 78.9 Å². The van der Waals surface area contributed by atoms with Crippen molar-refractivity contribution in [3.05, 3.63) is 84.4 Å². The number of carbonyl (C=O) groups is 2. The molecular formula is C24H25N3O4. The highest BCUT2D eigenvalue weighted by atomic mass is 16.5. The lowest BCUT2D eigenvalue weighted by Gasteiger charge is -2.29. The summed E-state index contributed by atoms with van der Waals surface area (Å²) >= 11 is 0. The molecule has 0 saturated carbocycles. The molecule has 0 unspecified atom stereocenters. The van der Waals surface area contributed by atoms with E-state index in [1.165, 1.54) is 0 Å². The molecule has 3 aromatic carbocycles. The molecule has 3 aromatic rings. The second-order valence-corrected chi connectivity index (χ2v) is 6.81. The second kappa shape index (κ2) is 11.4. The number of phenols is 1. The molecule has 4 rings (SSSR count). The zero-order chi connectivity index (χ0) is 21.9. The number of hydrogen-bond acceptors (Lipinski definition) is 6. The van der Waals surface area contributed by atoms with Gasteiger partial charge in [0.1, 0.15) is 11.5 Å². The molecule has 0 bridgehead atoms. The van der Waals surface area contributed by atoms with Crippen molar-refractivity contribution < 1.29 is 19.4 Å². The van der Waals surface area contributed by atoms with Crippen LogP contribution in [0, 0.1) is 0 Å². The Balaban J connectivity index is 0.000000254. The Kier molecular flexibility index (Phi) is 8.02. The molecule has 0 aliphatic carbocycles. The normalized spacial score (nSPS) is 12.8. The van der Waals surface area contributed by atoms with Gasteiger partial charge in [-0.3, -0.25) is 9.59 Å². The van der Waals surface area contributed by atoms with Gasteiger partial charge in [0.2, 0.25) is 0 Å². The van der Waals surface area contributed by atoms with E-state index in [1.807, 2.05) is 30.3 Å². The highest BCUT2D eigenvalue weighted by Gasteiger charge is 2.11. The maximum atomic E-state index is 12.2. The molecule has 0 atom stereocenters. The summed E-state index contributed by atoms with van der Waals surface area (Å²) in [4.78, 5) is 24.2. The molecular weight excluding hydrogens is 394 g/mol. The van der Waals surface area contributed by atoms with Gasteiger partial charge in [0.15, 0.2) is 0 Å². The van der Waals surface area contributed by atoms with Gasteiger partial charge in [0, 0.05) is 43.1 Å². The van der Waals surface area contributed by atoms with Crippen LogP contribution in [0.1, 0.15) is 10.4 Å². The van der Waals surface area contributed by atoms with Gasteiger partial charge in [-0.25, -0.2) is 0 Å². The first-order valence-corrected chi connectivity index (χ1v) is 9.97. The average molecular weight is 419 g/mol. The fourth-order valence-corrected chi connectivity index (χ4v) is 3.05. The van der Waals surface area contributed by atoms with E-state index in [0.717, 1.165) is 31.9 Å². The maximum absolute atomic E-state index is 12.2. The Morgan fingerprint density at radius 3 is 2.19 bits per heavy atom. The molecule has 1 aliphatic rings. The average Bonchev–Trinajstić information content (AvgIpc) is 2.83. The third kappa shape index (κ3) is 6.87. The van der Waals surface area contributed by atoms with Crippen LogP contribution in [0.3, 0.4) is 0 Å². The van der Waals surface area contributed by atoms with Gasteiger partial charge >= 0.3 is 0 Å². The number of para-hydroxylation sites is 1. The quantitative estimate of drug-likeness (QED) is 0.434. The van der Waals surface area contributed by atoms with Crippen molar-refractivity contribution >= 4 is 23.8 Å². The SMILES string of the molecule is O=C(Nc1ccc(O)cc1)c1ccc(N2CCNCC2)cc1.O=COc1ccccc1. The van der Waals surface area contributed by atoms with Crippen LogP contribution < -0.4 is 20.3 Å². The third-order valence-electron chi connectivity index (χ3n) is 4.66. The highest BCUT2D eigenvalue weighted by Crippen LogP contribution is 2.18. The Labute approximate surface area is 181 Å². The summed E-state index contributed by atoms with van der Waals surface area (Å²) in [5.41, 5.74) is 2.42. The molecule has 0 radical (unpaired) electrons. The summed E-state index contributed by atoms with van der Waals surface area (Å²) in [6.07, 6.45) is 0. The number of phenolic OH excluding ortho intramolecular Hbond substituents is 1. The zero-order valence-electron chi connectivity index (χ0n) is 17.0. The van der Waals surface area contributed by atoms with E-state index in [-0.39, 0.29) is 11.7 Å². The summed E-state index contributed by atoms with van der Waals surface area (Å²) in [5.74, 6) is 0.600. The summed E-state index contributed by atoms with van der Waals surface area (Å²) in [6.45, 7) is 4.36. The minimum atomic E-state index is -0.155. The Hall–Kier alpha value is -3.84. The smallest absolute Gasteiger partial charge is 0.298 e. The van der Waals surface area contributed by atoms with Crippen molar-refractivity contribution in [3.8, 4) is 11.5 Å². The Morgan fingerprint density at radius 1 is 0.935 bits per heavy atom. The number of nitrogens with zero attached hydrogens (tertiary/aromatic N) is 1. The standard InChI is InChI=1S/C17H19N3O2.C7H6O2/c21-16-7-3-14(4-8-16)19-17(22)13-1-5-15(6-2-13)20-11-9-18-10-12-20;8-6-9-7-4-2-1-3-5-7/h1-8,18,21H,9-12H2,(H,19,22);1-6H. The lowest BCUT2D eigenvalue weighted by atomic mass is 10.1. The van der Waals surface area contributed by atoms with Gasteiger partial charge in [-0.15, -0.1) is 0 Å². The monoisotopic (exact) mass is 419 g/mol. The number of hydrogen-bond donors (Lipinski definition) is 3. The zero-order valence-corrected chi connectivity index (χ0v) is 17.0. The van der Waals surface area contributed by atoms with E-state index in [4.69, 9.17) is 0 Å². The van der Waals surface area contributed by atoms with Gasteiger partial charge in [0.05, 0.1) is 0 Å². The number of ether oxygens (including phenoxy) is 1. The van der Waals surface area contributed by atoms with Crippen LogP contribution in [0.4, 0.5) is 11.4 Å². The molecule has 3 N–H and O–H groups in total. The number of anilines is 2. The van der Waals surface area contributed by atoms with Crippen molar-refractivity contribution in [2.45, 2.75) is 0 Å². The number of amides is 1. The first kappa shape index (κ1) is 21.9. The lowest BCUT2D eigenvalue weighted by molar-refractivity contribution is -0.120. The van der Waals surface area contributed by atoms with Crippen LogP contribution in [-0.4, -0.2) is 43.7 Å². The molecule has 1 fully saturated rings. The fourth-order valence-electron chi connectivity index (χ4n) is 3.05. The Bertz CT molecular complexity index is 954.